The van der Waals surface area contributed by atoms with Crippen molar-refractivity contribution in [3.05, 3.63) is 11.3 Å². The Morgan fingerprint density at radius 1 is 1.43 bits per heavy atom. The Balaban J connectivity index is 1.72. The van der Waals surface area contributed by atoms with Crippen molar-refractivity contribution in [3.8, 4) is 0 Å². The van der Waals surface area contributed by atoms with Crippen molar-refractivity contribution in [1.82, 2.24) is 30.4 Å². The first-order chi connectivity index (χ1) is 13.1. The lowest BCUT2D eigenvalue weighted by molar-refractivity contribution is -0.149. The summed E-state index contributed by atoms with van der Waals surface area (Å²) in [4.78, 5) is 37.6. The van der Waals surface area contributed by atoms with Crippen molar-refractivity contribution in [2.75, 3.05) is 11.5 Å². The first kappa shape index (κ1) is 20.5. The molecule has 1 aromatic rings. The number of fused-ring (bicyclic) bond motifs is 1. The molecular weight excluding hydrogens is 408 g/mol. The molecule has 152 valence electrons. The summed E-state index contributed by atoms with van der Waals surface area (Å²) < 4.78 is 6.66. The largest absolute Gasteiger partial charge is 0.477 e. The number of hydrogen-bond donors (Lipinski definition) is 2. The van der Waals surface area contributed by atoms with Gasteiger partial charge in [0.2, 0.25) is 5.16 Å². The van der Waals surface area contributed by atoms with Crippen molar-refractivity contribution < 1.29 is 24.2 Å². The van der Waals surface area contributed by atoms with Gasteiger partial charge in [0, 0.05) is 18.6 Å². The van der Waals surface area contributed by atoms with E-state index in [0.717, 1.165) is 0 Å². The van der Waals surface area contributed by atoms with Gasteiger partial charge in [0.25, 0.3) is 5.91 Å². The summed E-state index contributed by atoms with van der Waals surface area (Å²) in [5, 5.41) is 23.4. The number of nitrogens with zero attached hydrogens (tertiary/aromatic N) is 5. The highest BCUT2D eigenvalue weighted by atomic mass is 32.2. The predicted octanol–water partition coefficient (Wildman–Crippen LogP) is 0.449. The summed E-state index contributed by atoms with van der Waals surface area (Å²) in [6, 6.07) is -0.814. The molecule has 2 atom stereocenters. The molecule has 1 aromatic heterocycles. The van der Waals surface area contributed by atoms with E-state index in [0.29, 0.717) is 22.2 Å². The molecule has 11 nitrogen and oxygen atoms in total. The molecule has 0 saturated carbocycles. The molecule has 0 bridgehead atoms. The maximum atomic E-state index is 12.5. The molecule has 0 spiro atoms. The van der Waals surface area contributed by atoms with Crippen LogP contribution in [0.3, 0.4) is 0 Å². The van der Waals surface area contributed by atoms with E-state index in [-0.39, 0.29) is 5.70 Å². The van der Waals surface area contributed by atoms with E-state index in [1.807, 2.05) is 0 Å². The van der Waals surface area contributed by atoms with E-state index in [1.165, 1.54) is 33.1 Å². The molecule has 3 rings (SSSR count). The molecule has 28 heavy (non-hydrogen) atoms. The lowest BCUT2D eigenvalue weighted by Gasteiger charge is -2.49. The van der Waals surface area contributed by atoms with Crippen LogP contribution >= 0.6 is 23.5 Å². The number of alkyl carbamates (subject to hydrolysis) is 1. The monoisotopic (exact) mass is 428 g/mol. The summed E-state index contributed by atoms with van der Waals surface area (Å²) in [7, 11) is 1.69. The van der Waals surface area contributed by atoms with E-state index in [9.17, 15) is 19.5 Å². The fraction of sp³-hybridized carbons (Fsp3) is 0.600. The molecule has 2 N–H and O–H groups in total. The van der Waals surface area contributed by atoms with Crippen LogP contribution in [0.15, 0.2) is 16.4 Å². The van der Waals surface area contributed by atoms with Gasteiger partial charge < -0.3 is 15.2 Å². The molecule has 0 aromatic carbocycles. The van der Waals surface area contributed by atoms with Gasteiger partial charge in [-0.3, -0.25) is 9.69 Å². The first-order valence-corrected chi connectivity index (χ1v) is 10.4. The molecule has 0 radical (unpaired) electrons. The van der Waals surface area contributed by atoms with E-state index >= 15 is 0 Å². The van der Waals surface area contributed by atoms with Gasteiger partial charge in [-0.05, 0) is 36.8 Å². The summed E-state index contributed by atoms with van der Waals surface area (Å²) in [6.45, 7) is 5.16. The lowest BCUT2D eigenvalue weighted by Crippen LogP contribution is -2.70. The Hall–Kier alpha value is -2.28. The third kappa shape index (κ3) is 4.09. The van der Waals surface area contributed by atoms with Gasteiger partial charge in [0.15, 0.2) is 0 Å². The van der Waals surface area contributed by atoms with Crippen LogP contribution in [0, 0.1) is 0 Å². The van der Waals surface area contributed by atoms with Crippen molar-refractivity contribution in [3.63, 3.8) is 0 Å². The molecule has 2 amide bonds. The Kier molecular flexibility index (Phi) is 5.57. The quantitative estimate of drug-likeness (QED) is 0.502. The van der Waals surface area contributed by atoms with Crippen molar-refractivity contribution in [2.24, 2.45) is 7.05 Å². The smallest absolute Gasteiger partial charge is 0.408 e. The normalized spacial score (nSPS) is 21.9. The summed E-state index contributed by atoms with van der Waals surface area (Å²) in [5.41, 5.74) is -0.133. The number of carbonyl (C=O) groups excluding carboxylic acids is 2. The maximum absolute atomic E-state index is 12.5. The number of amides is 2. The Morgan fingerprint density at radius 2 is 2.14 bits per heavy atom. The highest BCUT2D eigenvalue weighted by Crippen LogP contribution is 2.41. The van der Waals surface area contributed by atoms with Crippen LogP contribution in [0.25, 0.3) is 0 Å². The SMILES string of the molecule is Cn1nnnc1SCC1=C(C(=O)O)N2C(=O)C(NC(=O)OC(C)(C)C)[C@H]2SC1. The van der Waals surface area contributed by atoms with Crippen LogP contribution in [0.4, 0.5) is 4.79 Å². The number of aliphatic carboxylic acids is 1. The number of ether oxygens (including phenoxy) is 1. The van der Waals surface area contributed by atoms with Crippen LogP contribution in [-0.2, 0) is 21.4 Å². The number of aryl methyl sites for hydroxylation is 1. The minimum Gasteiger partial charge on any atom is -0.477 e. The van der Waals surface area contributed by atoms with Gasteiger partial charge in [-0.15, -0.1) is 16.9 Å². The van der Waals surface area contributed by atoms with Crippen molar-refractivity contribution >= 4 is 41.5 Å². The minimum atomic E-state index is -1.18. The topological polar surface area (TPSA) is 140 Å². The lowest BCUT2D eigenvalue weighted by atomic mass is 10.0. The van der Waals surface area contributed by atoms with Crippen molar-refractivity contribution in [1.29, 1.82) is 0 Å². The van der Waals surface area contributed by atoms with Gasteiger partial charge in [-0.25, -0.2) is 14.3 Å². The molecule has 3 heterocycles. The second-order valence-electron chi connectivity index (χ2n) is 7.16. The van der Waals surface area contributed by atoms with E-state index in [2.05, 4.69) is 20.8 Å². The zero-order valence-corrected chi connectivity index (χ0v) is 17.3. The third-order valence-corrected chi connectivity index (χ3v) is 6.32. The second-order valence-corrected chi connectivity index (χ2v) is 9.21. The van der Waals surface area contributed by atoms with Gasteiger partial charge in [-0.2, -0.15) is 0 Å². The molecule has 1 saturated heterocycles. The minimum absolute atomic E-state index is 0.0429. The fourth-order valence-corrected chi connectivity index (χ4v) is 5.06. The zero-order valence-electron chi connectivity index (χ0n) is 15.7. The molecule has 2 aliphatic rings. The Labute approximate surface area is 169 Å². The number of aromatic nitrogens is 4. The average Bonchev–Trinajstić information content (AvgIpc) is 3.00. The fourth-order valence-electron chi connectivity index (χ4n) is 2.72. The van der Waals surface area contributed by atoms with Crippen LogP contribution in [0.5, 0.6) is 0 Å². The average molecular weight is 428 g/mol. The van der Waals surface area contributed by atoms with E-state index < -0.39 is 35.0 Å². The van der Waals surface area contributed by atoms with Gasteiger partial charge in [-0.1, -0.05) is 11.8 Å². The molecule has 2 aliphatic heterocycles. The maximum Gasteiger partial charge on any atom is 0.408 e. The standard InChI is InChI=1S/C15H20N6O5S2/c1-15(2,3)26-14(25)16-8-10(22)21-9(12(23)24)7(5-27-11(8)21)6-28-13-17-18-19-20(13)4/h8,11H,5-6H2,1-4H3,(H,16,25)(H,23,24)/t8?,11-/m1/s1. The van der Waals surface area contributed by atoms with Crippen LogP contribution in [0.1, 0.15) is 20.8 Å². The molecule has 0 aliphatic carbocycles. The number of nitrogens with one attached hydrogen (secondary N) is 1. The Morgan fingerprint density at radius 3 is 2.71 bits per heavy atom. The van der Waals surface area contributed by atoms with Crippen LogP contribution < -0.4 is 5.32 Å². The number of tetrazole rings is 1. The number of hydrogen-bond acceptors (Lipinski definition) is 9. The third-order valence-electron chi connectivity index (χ3n) is 3.88. The Bertz CT molecular complexity index is 848. The van der Waals surface area contributed by atoms with Crippen LogP contribution in [0.2, 0.25) is 0 Å². The van der Waals surface area contributed by atoms with E-state index in [4.69, 9.17) is 4.74 Å². The molecule has 13 heteroatoms. The summed E-state index contributed by atoms with van der Waals surface area (Å²) >= 11 is 2.69. The number of thioether (sulfide) groups is 2. The second kappa shape index (κ2) is 7.62. The van der Waals surface area contributed by atoms with Gasteiger partial charge in [0.1, 0.15) is 22.7 Å². The highest BCUT2D eigenvalue weighted by molar-refractivity contribution is 8.01. The summed E-state index contributed by atoms with van der Waals surface area (Å²) in [5.74, 6) is -0.894. The zero-order chi connectivity index (χ0) is 20.6. The molecule has 1 fully saturated rings. The number of rotatable bonds is 5. The van der Waals surface area contributed by atoms with E-state index in [1.54, 1.807) is 27.8 Å². The highest BCUT2D eigenvalue weighted by Gasteiger charge is 2.54. The number of carboxylic acid groups (broad SMARTS) is 1. The first-order valence-electron chi connectivity index (χ1n) is 8.33. The number of β-lactam (4-membered cyclic amide) rings is 1. The van der Waals surface area contributed by atoms with Gasteiger partial charge >= 0.3 is 12.1 Å². The van der Waals surface area contributed by atoms with Crippen LogP contribution in [-0.4, -0.2) is 76.7 Å². The predicted molar refractivity (Wildman–Crippen MR) is 100 cm³/mol. The molecule has 1 unspecified atom stereocenters. The molecular formula is C15H20N6O5S2. The van der Waals surface area contributed by atoms with Gasteiger partial charge in [0.05, 0.1) is 0 Å². The van der Waals surface area contributed by atoms with Crippen molar-refractivity contribution in [2.45, 2.75) is 42.9 Å². The number of carboxylic acids is 1. The number of carbonyl (C=O) groups is 3. The summed E-state index contributed by atoms with van der Waals surface area (Å²) in [6.07, 6.45) is -0.705.